The first-order valence-electron chi connectivity index (χ1n) is 7.10. The molecule has 7 nitrogen and oxygen atoms in total. The van der Waals surface area contributed by atoms with Crippen LogP contribution in [0.1, 0.15) is 32.0 Å². The van der Waals surface area contributed by atoms with Gasteiger partial charge in [-0.15, -0.1) is 10.2 Å². The third-order valence-corrected chi connectivity index (χ3v) is 3.82. The lowest BCUT2D eigenvalue weighted by molar-refractivity contribution is 0.0696. The molecule has 0 spiro atoms. The number of hydrogen-bond donors (Lipinski definition) is 1. The Balaban J connectivity index is 1.81. The second-order valence-corrected chi connectivity index (χ2v) is 5.23. The summed E-state index contributed by atoms with van der Waals surface area (Å²) >= 11 is 0. The summed E-state index contributed by atoms with van der Waals surface area (Å²) in [5.74, 6) is -0.861. The summed E-state index contributed by atoms with van der Waals surface area (Å²) in [5.41, 5.74) is 2.39. The highest BCUT2D eigenvalue weighted by atomic mass is 16.5. The van der Waals surface area contributed by atoms with Gasteiger partial charge in [0.25, 0.3) is 5.91 Å². The van der Waals surface area contributed by atoms with Crippen LogP contribution in [0.2, 0.25) is 0 Å². The maximum absolute atomic E-state index is 12.5. The second-order valence-electron chi connectivity index (χ2n) is 5.23. The molecular formula is C16H15N3O4. The van der Waals surface area contributed by atoms with E-state index >= 15 is 0 Å². The van der Waals surface area contributed by atoms with Gasteiger partial charge in [-0.05, 0) is 35.7 Å². The molecule has 1 aromatic heterocycles. The van der Waals surface area contributed by atoms with Gasteiger partial charge in [-0.1, -0.05) is 6.07 Å². The fraction of sp³-hybridized carbons (Fsp3) is 0.250. The Bertz CT molecular complexity index is 758. The van der Waals surface area contributed by atoms with Gasteiger partial charge in [0, 0.05) is 19.2 Å². The van der Waals surface area contributed by atoms with Gasteiger partial charge in [0.1, 0.15) is 0 Å². The molecule has 7 heteroatoms. The monoisotopic (exact) mass is 313 g/mol. The molecule has 0 bridgehead atoms. The molecule has 118 valence electrons. The van der Waals surface area contributed by atoms with Crippen molar-refractivity contribution in [1.82, 2.24) is 15.1 Å². The summed E-state index contributed by atoms with van der Waals surface area (Å²) in [6.45, 7) is 0.926. The maximum atomic E-state index is 12.5. The van der Waals surface area contributed by atoms with E-state index in [1.165, 1.54) is 7.11 Å². The number of aromatic nitrogens is 2. The van der Waals surface area contributed by atoms with Crippen LogP contribution in [-0.2, 0) is 13.0 Å². The number of ether oxygens (including phenoxy) is 1. The standard InChI is InChI=1S/C16H15N3O4/c1-23-14-5-4-13(17-18-14)15(20)19-7-6-10-2-3-11(16(21)22)8-12(10)9-19/h2-5,8H,6-7,9H2,1H3,(H,21,22). The first kappa shape index (κ1) is 15.0. The highest BCUT2D eigenvalue weighted by Crippen LogP contribution is 2.22. The van der Waals surface area contributed by atoms with Crippen molar-refractivity contribution >= 4 is 11.9 Å². The first-order chi connectivity index (χ1) is 11.1. The van der Waals surface area contributed by atoms with Crippen molar-refractivity contribution < 1.29 is 19.4 Å². The Kier molecular flexibility index (Phi) is 3.92. The largest absolute Gasteiger partial charge is 0.480 e. The molecule has 23 heavy (non-hydrogen) atoms. The number of methoxy groups -OCH3 is 1. The number of carboxylic acids is 1. The highest BCUT2D eigenvalue weighted by molar-refractivity contribution is 5.92. The second kappa shape index (κ2) is 6.04. The number of aromatic carboxylic acids is 1. The van der Waals surface area contributed by atoms with Gasteiger partial charge in [-0.25, -0.2) is 4.79 Å². The van der Waals surface area contributed by atoms with Gasteiger partial charge in [-0.3, -0.25) is 4.79 Å². The van der Waals surface area contributed by atoms with Crippen molar-refractivity contribution in [2.24, 2.45) is 0 Å². The van der Waals surface area contributed by atoms with Gasteiger partial charge < -0.3 is 14.7 Å². The van der Waals surface area contributed by atoms with E-state index in [4.69, 9.17) is 9.84 Å². The van der Waals surface area contributed by atoms with Crippen LogP contribution in [0.4, 0.5) is 0 Å². The fourth-order valence-electron chi connectivity index (χ4n) is 2.57. The lowest BCUT2D eigenvalue weighted by Crippen LogP contribution is -2.36. The van der Waals surface area contributed by atoms with Crippen LogP contribution in [0.15, 0.2) is 30.3 Å². The van der Waals surface area contributed by atoms with Crippen LogP contribution in [0.5, 0.6) is 5.88 Å². The number of carbonyl (C=O) groups excluding carboxylic acids is 1. The van der Waals surface area contributed by atoms with E-state index in [1.807, 2.05) is 6.07 Å². The predicted molar refractivity (Wildman–Crippen MR) is 80.4 cm³/mol. The van der Waals surface area contributed by atoms with Gasteiger partial charge in [-0.2, -0.15) is 0 Å². The zero-order valence-corrected chi connectivity index (χ0v) is 12.5. The van der Waals surface area contributed by atoms with E-state index in [0.29, 0.717) is 25.4 Å². The molecule has 3 rings (SSSR count). The Hall–Kier alpha value is -2.96. The molecule has 0 unspecified atom stereocenters. The van der Waals surface area contributed by atoms with Crippen LogP contribution >= 0.6 is 0 Å². The van der Waals surface area contributed by atoms with Crippen molar-refractivity contribution in [3.63, 3.8) is 0 Å². The van der Waals surface area contributed by atoms with Gasteiger partial charge in [0.2, 0.25) is 5.88 Å². The number of carboxylic acid groups (broad SMARTS) is 1. The van der Waals surface area contributed by atoms with Crippen molar-refractivity contribution in [2.45, 2.75) is 13.0 Å². The van der Waals surface area contributed by atoms with Crippen LogP contribution in [0.3, 0.4) is 0 Å². The quantitative estimate of drug-likeness (QED) is 0.920. The van der Waals surface area contributed by atoms with Crippen LogP contribution < -0.4 is 4.74 Å². The Morgan fingerprint density at radius 2 is 2.00 bits per heavy atom. The Labute approximate surface area is 132 Å². The van der Waals surface area contributed by atoms with E-state index in [2.05, 4.69) is 10.2 Å². The van der Waals surface area contributed by atoms with Crippen molar-refractivity contribution in [3.05, 3.63) is 52.7 Å². The first-order valence-corrected chi connectivity index (χ1v) is 7.10. The third kappa shape index (κ3) is 2.98. The SMILES string of the molecule is COc1ccc(C(=O)N2CCc3ccc(C(=O)O)cc3C2)nn1. The van der Waals surface area contributed by atoms with Gasteiger partial charge in [0.05, 0.1) is 12.7 Å². The molecule has 1 aliphatic heterocycles. The summed E-state index contributed by atoms with van der Waals surface area (Å²) in [7, 11) is 1.48. The molecule has 0 saturated heterocycles. The summed E-state index contributed by atoms with van der Waals surface area (Å²) in [6.07, 6.45) is 0.685. The maximum Gasteiger partial charge on any atom is 0.335 e. The molecule has 2 aromatic rings. The van der Waals surface area contributed by atoms with E-state index < -0.39 is 5.97 Å². The average Bonchev–Trinajstić information content (AvgIpc) is 2.60. The highest BCUT2D eigenvalue weighted by Gasteiger charge is 2.23. The van der Waals surface area contributed by atoms with Gasteiger partial charge >= 0.3 is 5.97 Å². The summed E-state index contributed by atoms with van der Waals surface area (Å²) in [4.78, 5) is 25.2. The zero-order chi connectivity index (χ0) is 16.4. The number of nitrogens with zero attached hydrogens (tertiary/aromatic N) is 3. The normalized spacial score (nSPS) is 13.3. The lowest BCUT2D eigenvalue weighted by atomic mass is 9.97. The molecule has 1 aliphatic rings. The number of benzene rings is 1. The van der Waals surface area contributed by atoms with Crippen molar-refractivity contribution in [1.29, 1.82) is 0 Å². The Morgan fingerprint density at radius 3 is 2.65 bits per heavy atom. The molecular weight excluding hydrogens is 298 g/mol. The van der Waals surface area contributed by atoms with E-state index in [9.17, 15) is 9.59 Å². The number of rotatable bonds is 3. The van der Waals surface area contributed by atoms with E-state index in [0.717, 1.165) is 11.1 Å². The van der Waals surface area contributed by atoms with Gasteiger partial charge in [0.15, 0.2) is 5.69 Å². The number of hydrogen-bond acceptors (Lipinski definition) is 5. The topological polar surface area (TPSA) is 92.6 Å². The molecule has 0 atom stereocenters. The van der Waals surface area contributed by atoms with Crippen LogP contribution in [0, 0.1) is 0 Å². The summed E-state index contributed by atoms with van der Waals surface area (Å²) in [6, 6.07) is 8.18. The molecule has 1 N–H and O–H groups in total. The van der Waals surface area contributed by atoms with E-state index in [1.54, 1.807) is 29.2 Å². The minimum Gasteiger partial charge on any atom is -0.480 e. The summed E-state index contributed by atoms with van der Waals surface area (Å²) < 4.78 is 4.92. The average molecular weight is 313 g/mol. The van der Waals surface area contributed by atoms with E-state index in [-0.39, 0.29) is 17.2 Å². The zero-order valence-electron chi connectivity index (χ0n) is 12.5. The predicted octanol–water partition coefficient (Wildman–Crippen LogP) is 1.38. The molecule has 2 heterocycles. The fourth-order valence-corrected chi connectivity index (χ4v) is 2.57. The number of carbonyl (C=O) groups is 2. The third-order valence-electron chi connectivity index (χ3n) is 3.82. The lowest BCUT2D eigenvalue weighted by Gasteiger charge is -2.28. The minimum absolute atomic E-state index is 0.224. The smallest absolute Gasteiger partial charge is 0.335 e. The van der Waals surface area contributed by atoms with Crippen LogP contribution in [0.25, 0.3) is 0 Å². The molecule has 0 fully saturated rings. The Morgan fingerprint density at radius 1 is 1.17 bits per heavy atom. The number of fused-ring (bicyclic) bond motifs is 1. The molecule has 0 aliphatic carbocycles. The van der Waals surface area contributed by atoms with Crippen molar-refractivity contribution in [2.75, 3.05) is 13.7 Å². The minimum atomic E-state index is -0.975. The van der Waals surface area contributed by atoms with Crippen LogP contribution in [-0.4, -0.2) is 45.7 Å². The number of amides is 1. The molecule has 0 saturated carbocycles. The molecule has 1 amide bonds. The molecule has 0 radical (unpaired) electrons. The summed E-state index contributed by atoms with van der Waals surface area (Å²) in [5, 5.41) is 16.7. The molecule has 1 aromatic carbocycles. The van der Waals surface area contributed by atoms with Crippen molar-refractivity contribution in [3.8, 4) is 5.88 Å².